The average molecular weight is 957 g/mol. The minimum absolute atomic E-state index is 0.0182. The summed E-state index contributed by atoms with van der Waals surface area (Å²) in [5.74, 6) is 0.392. The Labute approximate surface area is 435 Å². The Bertz CT molecular complexity index is 3860. The Hall–Kier alpha value is -7.66. The number of benzene rings is 9. The molecule has 14 rings (SSSR count). The number of rotatable bonds is 5. The van der Waals surface area contributed by atoms with Crippen molar-refractivity contribution in [3.05, 3.63) is 244 Å². The molecule has 1 aromatic heterocycles. The second kappa shape index (κ2) is 15.9. The van der Waals surface area contributed by atoms with Crippen molar-refractivity contribution in [1.29, 1.82) is 0 Å². The summed E-state index contributed by atoms with van der Waals surface area (Å²) in [5.41, 5.74) is 30.6. The fourth-order valence-electron chi connectivity index (χ4n) is 13.1. The Balaban J connectivity index is 1.10. The highest BCUT2D eigenvalue weighted by Gasteiger charge is 2.57. The number of thiophene rings is 1. The number of hydrogen-bond acceptors (Lipinski definition) is 3. The molecular formula is C69H57BN2S. The van der Waals surface area contributed by atoms with Crippen molar-refractivity contribution < 1.29 is 0 Å². The summed E-state index contributed by atoms with van der Waals surface area (Å²) in [6, 6.07) is 75.0. The fourth-order valence-corrected chi connectivity index (χ4v) is 14.7. The van der Waals surface area contributed by atoms with Crippen molar-refractivity contribution in [2.24, 2.45) is 0 Å². The van der Waals surface area contributed by atoms with Gasteiger partial charge in [-0.15, -0.1) is 11.3 Å². The van der Waals surface area contributed by atoms with Crippen LogP contribution in [0, 0.1) is 20.8 Å². The number of fused-ring (bicyclic) bond motifs is 15. The molecule has 73 heavy (non-hydrogen) atoms. The minimum Gasteiger partial charge on any atom is -0.311 e. The number of aryl methyl sites for hydroxylation is 3. The monoisotopic (exact) mass is 956 g/mol. The summed E-state index contributed by atoms with van der Waals surface area (Å²) < 4.78 is 1.40. The van der Waals surface area contributed by atoms with Gasteiger partial charge in [-0.2, -0.15) is 0 Å². The molecule has 10 aromatic rings. The molecule has 352 valence electrons. The van der Waals surface area contributed by atoms with Gasteiger partial charge >= 0.3 is 0 Å². The highest BCUT2D eigenvalue weighted by molar-refractivity contribution is 7.30. The largest absolute Gasteiger partial charge is 0.311 e. The zero-order chi connectivity index (χ0) is 49.7. The molecule has 2 aliphatic carbocycles. The summed E-state index contributed by atoms with van der Waals surface area (Å²) >= 11 is 2.07. The molecule has 1 spiro atoms. The van der Waals surface area contributed by atoms with Crippen molar-refractivity contribution in [3.63, 3.8) is 0 Å². The van der Waals surface area contributed by atoms with E-state index in [4.69, 9.17) is 0 Å². The van der Waals surface area contributed by atoms with Crippen LogP contribution in [0.1, 0.15) is 89.9 Å². The lowest BCUT2D eigenvalue weighted by molar-refractivity contribution is 0.590. The Morgan fingerprint density at radius 1 is 0.479 bits per heavy atom. The van der Waals surface area contributed by atoms with E-state index in [1.807, 2.05) is 0 Å². The van der Waals surface area contributed by atoms with Crippen LogP contribution in [-0.4, -0.2) is 6.71 Å². The minimum atomic E-state index is -0.469. The van der Waals surface area contributed by atoms with Gasteiger partial charge in [0, 0.05) is 43.7 Å². The van der Waals surface area contributed by atoms with Crippen LogP contribution in [0.4, 0.5) is 34.1 Å². The van der Waals surface area contributed by atoms with Crippen LogP contribution in [0.25, 0.3) is 44.5 Å². The third-order valence-corrected chi connectivity index (χ3v) is 17.9. The molecule has 0 N–H and O–H groups in total. The molecule has 0 saturated carbocycles. The Kier molecular flexibility index (Phi) is 9.61. The molecule has 0 fully saturated rings. The van der Waals surface area contributed by atoms with Crippen LogP contribution in [0.2, 0.25) is 0 Å². The third-order valence-electron chi connectivity index (χ3n) is 16.6. The van der Waals surface area contributed by atoms with Gasteiger partial charge in [-0.25, -0.2) is 0 Å². The van der Waals surface area contributed by atoms with E-state index in [0.29, 0.717) is 5.92 Å². The summed E-state index contributed by atoms with van der Waals surface area (Å²) in [4.78, 5) is 6.69. The van der Waals surface area contributed by atoms with E-state index < -0.39 is 5.41 Å². The fraction of sp³-hybridized carbons (Fsp3) is 0.159. The average Bonchev–Trinajstić information content (AvgIpc) is 4.05. The van der Waals surface area contributed by atoms with Crippen LogP contribution in [0.5, 0.6) is 0 Å². The maximum Gasteiger partial charge on any atom is 0.264 e. The zero-order valence-electron chi connectivity index (χ0n) is 42.9. The van der Waals surface area contributed by atoms with Crippen molar-refractivity contribution in [1.82, 2.24) is 0 Å². The van der Waals surface area contributed by atoms with Gasteiger partial charge in [0.1, 0.15) is 0 Å². The summed E-state index contributed by atoms with van der Waals surface area (Å²) in [7, 11) is 0. The van der Waals surface area contributed by atoms with Crippen molar-refractivity contribution in [3.8, 4) is 44.5 Å². The van der Waals surface area contributed by atoms with Crippen LogP contribution in [0.15, 0.2) is 194 Å². The molecule has 2 nitrogen and oxygen atoms in total. The Morgan fingerprint density at radius 2 is 1.10 bits per heavy atom. The molecule has 9 aromatic carbocycles. The first kappa shape index (κ1) is 44.1. The standard InChI is InChI=1S/C69H57BN2S/c1-41(2)46-25-34-51(45-16-10-9-11-17-45)55(39-46)47-26-35-59-60(40-47)71(49-29-22-42(3)23-30-49)61-37-44(5)38-62-64(61)70(59)67-65(72(62)50-31-27-48(28-32-50)68(6,7)8)63-54-33-24-43(4)36-58(54)69(66(63)73-67)56-20-14-12-18-52(56)53-19-13-15-21-57(53)69/h9-41H,1-8H3. The van der Waals surface area contributed by atoms with Gasteiger partial charge in [-0.05, 0) is 158 Å². The maximum atomic E-state index is 2.67. The van der Waals surface area contributed by atoms with E-state index in [1.54, 1.807) is 0 Å². The number of hydrogen-bond donors (Lipinski definition) is 0. The predicted molar refractivity (Wildman–Crippen MR) is 313 cm³/mol. The molecule has 0 bridgehead atoms. The van der Waals surface area contributed by atoms with Gasteiger partial charge in [0.05, 0.1) is 11.1 Å². The molecule has 0 unspecified atom stereocenters. The lowest BCUT2D eigenvalue weighted by Gasteiger charge is -2.44. The molecule has 0 atom stereocenters. The van der Waals surface area contributed by atoms with Crippen LogP contribution < -0.4 is 25.5 Å². The molecular weight excluding hydrogens is 900 g/mol. The number of nitrogens with zero attached hydrogens (tertiary/aromatic N) is 2. The molecule has 0 saturated heterocycles. The zero-order valence-corrected chi connectivity index (χ0v) is 43.7. The molecule has 4 heteroatoms. The molecule has 0 radical (unpaired) electrons. The summed E-state index contributed by atoms with van der Waals surface area (Å²) in [6.07, 6.45) is 0. The third kappa shape index (κ3) is 6.29. The molecule has 2 aliphatic heterocycles. The SMILES string of the molecule is Cc1ccc(N2c3cc(-c4cc(C(C)C)ccc4-c4ccccc4)ccc3B3c4sc5c(c4N(c4ccc(C(C)(C)C)cc4)c4cc(C)cc2c43)-c2ccc(C)cc2C52c3ccccc3-c3ccccc32)cc1. The van der Waals surface area contributed by atoms with Gasteiger partial charge in [-0.1, -0.05) is 197 Å². The van der Waals surface area contributed by atoms with Gasteiger partial charge in [0.2, 0.25) is 0 Å². The van der Waals surface area contributed by atoms with Crippen LogP contribution in [0.3, 0.4) is 0 Å². The smallest absolute Gasteiger partial charge is 0.264 e. The van der Waals surface area contributed by atoms with Crippen LogP contribution >= 0.6 is 11.3 Å². The first-order valence-corrected chi connectivity index (χ1v) is 27.0. The molecule has 0 amide bonds. The molecule has 3 heterocycles. The van der Waals surface area contributed by atoms with Crippen molar-refractivity contribution >= 4 is 67.9 Å². The van der Waals surface area contributed by atoms with Gasteiger partial charge < -0.3 is 9.80 Å². The first-order chi connectivity index (χ1) is 35.4. The number of anilines is 6. The van der Waals surface area contributed by atoms with Gasteiger partial charge in [-0.3, -0.25) is 0 Å². The lowest BCUT2D eigenvalue weighted by atomic mass is 9.36. The van der Waals surface area contributed by atoms with E-state index in [9.17, 15) is 0 Å². The van der Waals surface area contributed by atoms with Gasteiger partial charge in [0.25, 0.3) is 6.71 Å². The van der Waals surface area contributed by atoms with Gasteiger partial charge in [0.15, 0.2) is 0 Å². The van der Waals surface area contributed by atoms with E-state index in [-0.39, 0.29) is 12.1 Å². The summed E-state index contributed by atoms with van der Waals surface area (Å²) in [6.45, 7) is 18.3. The topological polar surface area (TPSA) is 6.48 Å². The van der Waals surface area contributed by atoms with Crippen molar-refractivity contribution in [2.45, 2.75) is 72.1 Å². The normalized spacial score (nSPS) is 14.2. The Morgan fingerprint density at radius 3 is 1.78 bits per heavy atom. The predicted octanol–water partition coefficient (Wildman–Crippen LogP) is 16.9. The van der Waals surface area contributed by atoms with E-state index in [0.717, 1.165) is 5.69 Å². The lowest BCUT2D eigenvalue weighted by Crippen LogP contribution is -2.60. The van der Waals surface area contributed by atoms with E-state index in [2.05, 4.69) is 271 Å². The second-order valence-electron chi connectivity index (χ2n) is 22.5. The maximum absolute atomic E-state index is 2.67. The first-order valence-electron chi connectivity index (χ1n) is 26.1. The second-order valence-corrected chi connectivity index (χ2v) is 23.5. The quantitative estimate of drug-likeness (QED) is 0.159. The van der Waals surface area contributed by atoms with E-state index >= 15 is 0 Å². The highest BCUT2D eigenvalue weighted by atomic mass is 32.1. The summed E-state index contributed by atoms with van der Waals surface area (Å²) in [5, 5.41) is 0. The van der Waals surface area contributed by atoms with Crippen LogP contribution in [-0.2, 0) is 10.8 Å². The van der Waals surface area contributed by atoms with E-state index in [1.165, 1.54) is 138 Å². The highest BCUT2D eigenvalue weighted by Crippen LogP contribution is 2.67. The molecule has 4 aliphatic rings. The van der Waals surface area contributed by atoms with Crippen molar-refractivity contribution in [2.75, 3.05) is 9.80 Å².